The van der Waals surface area contributed by atoms with Crippen LogP contribution in [0, 0.1) is 5.82 Å². The molecule has 1 aromatic rings. The maximum atomic E-state index is 13.1. The molecule has 0 bridgehead atoms. The Labute approximate surface area is 114 Å². The Hall–Kier alpha value is -0.940. The van der Waals surface area contributed by atoms with Gasteiger partial charge in [-0.2, -0.15) is 0 Å². The Kier molecular flexibility index (Phi) is 4.58. The minimum absolute atomic E-state index is 0.192. The summed E-state index contributed by atoms with van der Waals surface area (Å²) in [6.45, 7) is 2.18. The monoisotopic (exact) mass is 285 g/mol. The molecule has 106 valence electrons. The number of sulfone groups is 1. The summed E-state index contributed by atoms with van der Waals surface area (Å²) in [5.41, 5.74) is 1.04. The molecule has 2 rings (SSSR count). The van der Waals surface area contributed by atoms with Gasteiger partial charge in [0.15, 0.2) is 9.84 Å². The van der Waals surface area contributed by atoms with Crippen LogP contribution in [0.1, 0.15) is 31.2 Å². The van der Waals surface area contributed by atoms with E-state index < -0.39 is 9.84 Å². The van der Waals surface area contributed by atoms with E-state index in [9.17, 15) is 12.8 Å². The van der Waals surface area contributed by atoms with Gasteiger partial charge in [0.2, 0.25) is 0 Å². The van der Waals surface area contributed by atoms with Gasteiger partial charge in [-0.25, -0.2) is 12.8 Å². The van der Waals surface area contributed by atoms with E-state index in [1.165, 1.54) is 6.07 Å². The van der Waals surface area contributed by atoms with Gasteiger partial charge < -0.3 is 5.32 Å². The number of rotatable bonds is 6. The molecule has 0 aliphatic heterocycles. The summed E-state index contributed by atoms with van der Waals surface area (Å²) in [6.07, 6.45) is 1.91. The Morgan fingerprint density at radius 1 is 1.37 bits per heavy atom. The fraction of sp³-hybridized carbons (Fsp3) is 0.571. The number of halogens is 1. The third kappa shape index (κ3) is 4.01. The number of hydrogen-bond donors (Lipinski definition) is 1. The van der Waals surface area contributed by atoms with Crippen molar-refractivity contribution in [2.75, 3.05) is 18.1 Å². The predicted octanol–water partition coefficient (Wildman–Crippen LogP) is 2.10. The van der Waals surface area contributed by atoms with Crippen molar-refractivity contribution in [3.05, 3.63) is 35.6 Å². The zero-order valence-electron chi connectivity index (χ0n) is 11.1. The molecule has 0 atom stereocenters. The van der Waals surface area contributed by atoms with Crippen molar-refractivity contribution in [3.63, 3.8) is 0 Å². The van der Waals surface area contributed by atoms with Crippen LogP contribution in [0.25, 0.3) is 0 Å². The molecular weight excluding hydrogens is 265 g/mol. The molecule has 3 nitrogen and oxygen atoms in total. The Morgan fingerprint density at radius 2 is 2.11 bits per heavy atom. The van der Waals surface area contributed by atoms with Crippen molar-refractivity contribution in [2.45, 2.75) is 31.7 Å². The van der Waals surface area contributed by atoms with Crippen LogP contribution in [0.15, 0.2) is 24.3 Å². The summed E-state index contributed by atoms with van der Waals surface area (Å²) in [5.74, 6) is 0.606. The zero-order valence-corrected chi connectivity index (χ0v) is 11.9. The van der Waals surface area contributed by atoms with E-state index in [-0.39, 0.29) is 17.3 Å². The molecule has 1 saturated carbocycles. The molecule has 1 aliphatic carbocycles. The first-order chi connectivity index (χ1) is 9.00. The number of nitrogens with one attached hydrogen (secondary N) is 1. The molecular formula is C14H20FNO2S. The average Bonchev–Trinajstić information content (AvgIpc) is 2.32. The van der Waals surface area contributed by atoms with E-state index >= 15 is 0 Å². The SMILES string of the molecule is CCS(=O)(=O)CCNC1CC(c2cccc(F)c2)C1. The second kappa shape index (κ2) is 6.01. The first-order valence-electron chi connectivity index (χ1n) is 6.69. The van der Waals surface area contributed by atoms with Gasteiger partial charge in [0.05, 0.1) is 5.75 Å². The van der Waals surface area contributed by atoms with Gasteiger partial charge in [0.1, 0.15) is 5.82 Å². The summed E-state index contributed by atoms with van der Waals surface area (Å²) >= 11 is 0. The normalized spacial score (nSPS) is 23.1. The maximum Gasteiger partial charge on any atom is 0.151 e. The van der Waals surface area contributed by atoms with E-state index in [0.717, 1.165) is 18.4 Å². The molecule has 1 N–H and O–H groups in total. The first kappa shape index (κ1) is 14.5. The van der Waals surface area contributed by atoms with Crippen molar-refractivity contribution in [3.8, 4) is 0 Å². The van der Waals surface area contributed by atoms with Gasteiger partial charge >= 0.3 is 0 Å². The van der Waals surface area contributed by atoms with Crippen LogP contribution >= 0.6 is 0 Å². The highest BCUT2D eigenvalue weighted by atomic mass is 32.2. The van der Waals surface area contributed by atoms with Gasteiger partial charge in [-0.05, 0) is 36.5 Å². The van der Waals surface area contributed by atoms with Crippen LogP contribution in [-0.2, 0) is 9.84 Å². The Bertz CT molecular complexity index is 524. The molecule has 0 radical (unpaired) electrons. The molecule has 5 heteroatoms. The summed E-state index contributed by atoms with van der Waals surface area (Å²) in [7, 11) is -2.88. The number of benzene rings is 1. The molecule has 0 unspecified atom stereocenters. The topological polar surface area (TPSA) is 46.2 Å². The molecule has 0 spiro atoms. The molecule has 1 aromatic carbocycles. The largest absolute Gasteiger partial charge is 0.313 e. The second-order valence-corrected chi connectivity index (χ2v) is 7.58. The lowest BCUT2D eigenvalue weighted by molar-refractivity contribution is 0.295. The van der Waals surface area contributed by atoms with Gasteiger partial charge in [0.25, 0.3) is 0 Å². The predicted molar refractivity (Wildman–Crippen MR) is 74.5 cm³/mol. The molecule has 1 aliphatic rings. The molecule has 0 heterocycles. The van der Waals surface area contributed by atoms with E-state index in [1.807, 2.05) is 6.07 Å². The third-order valence-electron chi connectivity index (χ3n) is 3.74. The second-order valence-electron chi connectivity index (χ2n) is 5.11. The molecule has 0 aromatic heterocycles. The van der Waals surface area contributed by atoms with Gasteiger partial charge in [-0.1, -0.05) is 19.1 Å². The third-order valence-corrected chi connectivity index (χ3v) is 5.45. The van der Waals surface area contributed by atoms with E-state index in [2.05, 4.69) is 5.32 Å². The van der Waals surface area contributed by atoms with Crippen LogP contribution in [0.2, 0.25) is 0 Å². The highest BCUT2D eigenvalue weighted by molar-refractivity contribution is 7.91. The average molecular weight is 285 g/mol. The zero-order chi connectivity index (χ0) is 13.9. The van der Waals surface area contributed by atoms with Crippen molar-refractivity contribution in [1.29, 1.82) is 0 Å². The molecule has 0 amide bonds. The van der Waals surface area contributed by atoms with Crippen LogP contribution < -0.4 is 5.32 Å². The van der Waals surface area contributed by atoms with Gasteiger partial charge in [-0.15, -0.1) is 0 Å². The lowest BCUT2D eigenvalue weighted by Gasteiger charge is -2.36. The fourth-order valence-electron chi connectivity index (χ4n) is 2.38. The van der Waals surface area contributed by atoms with Gasteiger partial charge in [-0.3, -0.25) is 0 Å². The van der Waals surface area contributed by atoms with Crippen molar-refractivity contribution in [2.24, 2.45) is 0 Å². The van der Waals surface area contributed by atoms with E-state index in [4.69, 9.17) is 0 Å². The summed E-state index contributed by atoms with van der Waals surface area (Å²) in [4.78, 5) is 0. The lowest BCUT2D eigenvalue weighted by atomic mass is 9.76. The van der Waals surface area contributed by atoms with Crippen LogP contribution in [0.4, 0.5) is 4.39 Å². The Balaban J connectivity index is 1.72. The Morgan fingerprint density at radius 3 is 2.74 bits per heavy atom. The maximum absolute atomic E-state index is 13.1. The van der Waals surface area contributed by atoms with Gasteiger partial charge in [0, 0.05) is 18.3 Å². The molecule has 19 heavy (non-hydrogen) atoms. The van der Waals surface area contributed by atoms with Crippen LogP contribution in [0.3, 0.4) is 0 Å². The van der Waals surface area contributed by atoms with Crippen LogP contribution in [-0.4, -0.2) is 32.5 Å². The van der Waals surface area contributed by atoms with E-state index in [1.54, 1.807) is 19.1 Å². The summed E-state index contributed by atoms with van der Waals surface area (Å²) in [6, 6.07) is 7.08. The standard InChI is InChI=1S/C14H20FNO2S/c1-2-19(17,18)7-6-16-14-9-12(10-14)11-4-3-5-13(15)8-11/h3-5,8,12,14,16H,2,6-7,9-10H2,1H3. The van der Waals surface area contributed by atoms with Crippen molar-refractivity contribution < 1.29 is 12.8 Å². The van der Waals surface area contributed by atoms with Crippen LogP contribution in [0.5, 0.6) is 0 Å². The summed E-state index contributed by atoms with van der Waals surface area (Å²) < 4.78 is 35.7. The quantitative estimate of drug-likeness (QED) is 0.870. The highest BCUT2D eigenvalue weighted by Gasteiger charge is 2.30. The molecule has 0 saturated heterocycles. The minimum Gasteiger partial charge on any atom is -0.313 e. The smallest absolute Gasteiger partial charge is 0.151 e. The van der Waals surface area contributed by atoms with Crippen molar-refractivity contribution >= 4 is 9.84 Å². The summed E-state index contributed by atoms with van der Waals surface area (Å²) in [5, 5.41) is 3.25. The first-order valence-corrected chi connectivity index (χ1v) is 8.51. The minimum atomic E-state index is -2.88. The van der Waals surface area contributed by atoms with E-state index in [0.29, 0.717) is 18.5 Å². The lowest BCUT2D eigenvalue weighted by Crippen LogP contribution is -2.42. The fourth-order valence-corrected chi connectivity index (χ4v) is 3.10. The highest BCUT2D eigenvalue weighted by Crippen LogP contribution is 2.36. The number of hydrogen-bond acceptors (Lipinski definition) is 3. The molecule has 1 fully saturated rings. The van der Waals surface area contributed by atoms with Crippen molar-refractivity contribution in [1.82, 2.24) is 5.32 Å².